The second-order valence-corrected chi connectivity index (χ2v) is 4.66. The Hall–Kier alpha value is -0.260. The molecule has 0 radical (unpaired) electrons. The van der Waals surface area contributed by atoms with E-state index in [0.29, 0.717) is 11.7 Å². The highest BCUT2D eigenvalue weighted by molar-refractivity contribution is 14.1. The standard InChI is InChI=1S/C9H13IN2O/c10-7-8(13-12-9(7)11)6-4-2-1-3-5-6/h6H,1-5H2,(H2,11,12). The van der Waals surface area contributed by atoms with Gasteiger partial charge in [0.2, 0.25) is 0 Å². The lowest BCUT2D eigenvalue weighted by atomic mass is 9.87. The van der Waals surface area contributed by atoms with E-state index in [1.54, 1.807) is 0 Å². The average molecular weight is 292 g/mol. The molecule has 1 fully saturated rings. The summed E-state index contributed by atoms with van der Waals surface area (Å²) in [5.41, 5.74) is 5.63. The van der Waals surface area contributed by atoms with Crippen LogP contribution in [-0.4, -0.2) is 5.16 Å². The number of nitrogens with two attached hydrogens (primary N) is 1. The van der Waals surface area contributed by atoms with Crippen LogP contribution in [0, 0.1) is 3.57 Å². The summed E-state index contributed by atoms with van der Waals surface area (Å²) in [6, 6.07) is 0. The Morgan fingerprint density at radius 2 is 2.00 bits per heavy atom. The molecule has 0 saturated heterocycles. The Balaban J connectivity index is 2.18. The maximum atomic E-state index is 5.63. The zero-order chi connectivity index (χ0) is 9.26. The lowest BCUT2D eigenvalue weighted by Gasteiger charge is -2.18. The normalized spacial score (nSPS) is 19.2. The van der Waals surface area contributed by atoms with E-state index in [4.69, 9.17) is 10.3 Å². The third-order valence-electron chi connectivity index (χ3n) is 2.66. The molecule has 1 aliphatic rings. The molecular formula is C9H13IN2O. The van der Waals surface area contributed by atoms with Gasteiger partial charge in [0.25, 0.3) is 0 Å². The number of hydrogen-bond acceptors (Lipinski definition) is 3. The number of nitrogen functional groups attached to an aromatic ring is 1. The number of hydrogen-bond donors (Lipinski definition) is 1. The summed E-state index contributed by atoms with van der Waals surface area (Å²) in [6.07, 6.45) is 6.43. The fourth-order valence-electron chi connectivity index (χ4n) is 1.92. The minimum absolute atomic E-state index is 0.543. The van der Waals surface area contributed by atoms with Crippen molar-refractivity contribution >= 4 is 28.4 Å². The summed E-state index contributed by atoms with van der Waals surface area (Å²) in [5.74, 6) is 2.12. The molecule has 2 rings (SSSR count). The molecule has 2 N–H and O–H groups in total. The third kappa shape index (κ3) is 1.82. The Labute approximate surface area is 91.2 Å². The van der Waals surface area contributed by atoms with E-state index in [1.165, 1.54) is 32.1 Å². The first-order valence-electron chi connectivity index (χ1n) is 4.69. The van der Waals surface area contributed by atoms with E-state index in [1.807, 2.05) is 0 Å². The predicted octanol–water partition coefficient (Wildman–Crippen LogP) is 2.91. The maximum Gasteiger partial charge on any atom is 0.180 e. The van der Waals surface area contributed by atoms with Gasteiger partial charge in [0.05, 0.1) is 3.57 Å². The number of anilines is 1. The van der Waals surface area contributed by atoms with Crippen molar-refractivity contribution < 1.29 is 4.52 Å². The summed E-state index contributed by atoms with van der Waals surface area (Å²) in [5, 5.41) is 3.79. The fraction of sp³-hybridized carbons (Fsp3) is 0.667. The van der Waals surface area contributed by atoms with Crippen molar-refractivity contribution in [2.24, 2.45) is 0 Å². The first-order chi connectivity index (χ1) is 6.29. The molecule has 4 heteroatoms. The van der Waals surface area contributed by atoms with Crippen LogP contribution in [0.15, 0.2) is 4.52 Å². The van der Waals surface area contributed by atoms with Crippen molar-refractivity contribution in [3.05, 3.63) is 9.33 Å². The van der Waals surface area contributed by atoms with Crippen molar-refractivity contribution in [2.75, 3.05) is 5.73 Å². The van der Waals surface area contributed by atoms with Gasteiger partial charge in [-0.2, -0.15) is 0 Å². The zero-order valence-corrected chi connectivity index (χ0v) is 9.58. The van der Waals surface area contributed by atoms with Crippen LogP contribution in [0.3, 0.4) is 0 Å². The van der Waals surface area contributed by atoms with Crippen molar-refractivity contribution in [1.82, 2.24) is 5.16 Å². The SMILES string of the molecule is Nc1noc(C2CCCCC2)c1I. The van der Waals surface area contributed by atoms with E-state index in [0.717, 1.165) is 9.33 Å². The van der Waals surface area contributed by atoms with Crippen molar-refractivity contribution in [2.45, 2.75) is 38.0 Å². The van der Waals surface area contributed by atoms with Crippen molar-refractivity contribution in [1.29, 1.82) is 0 Å². The lowest BCUT2D eigenvalue weighted by Crippen LogP contribution is -2.04. The van der Waals surface area contributed by atoms with Crippen LogP contribution < -0.4 is 5.73 Å². The van der Waals surface area contributed by atoms with Crippen LogP contribution in [0.4, 0.5) is 5.82 Å². The highest BCUT2D eigenvalue weighted by Crippen LogP contribution is 2.36. The molecule has 1 heterocycles. The summed E-state index contributed by atoms with van der Waals surface area (Å²) < 4.78 is 6.27. The minimum atomic E-state index is 0.543. The quantitative estimate of drug-likeness (QED) is 0.810. The Bertz CT molecular complexity index is 292. The molecule has 1 saturated carbocycles. The summed E-state index contributed by atoms with van der Waals surface area (Å²) >= 11 is 2.22. The number of rotatable bonds is 1. The monoisotopic (exact) mass is 292 g/mol. The molecule has 13 heavy (non-hydrogen) atoms. The van der Waals surface area contributed by atoms with Gasteiger partial charge in [-0.1, -0.05) is 24.4 Å². The average Bonchev–Trinajstić information content (AvgIpc) is 2.49. The van der Waals surface area contributed by atoms with Crippen LogP contribution in [0.2, 0.25) is 0 Å². The molecule has 1 aliphatic carbocycles. The van der Waals surface area contributed by atoms with Crippen LogP contribution in [-0.2, 0) is 0 Å². The zero-order valence-electron chi connectivity index (χ0n) is 7.42. The molecule has 0 aromatic carbocycles. The largest absolute Gasteiger partial charge is 0.380 e. The second-order valence-electron chi connectivity index (χ2n) is 3.58. The number of nitrogens with zero attached hydrogens (tertiary/aromatic N) is 1. The van der Waals surface area contributed by atoms with E-state index >= 15 is 0 Å². The highest BCUT2D eigenvalue weighted by Gasteiger charge is 2.23. The maximum absolute atomic E-state index is 5.63. The van der Waals surface area contributed by atoms with Crippen molar-refractivity contribution in [3.8, 4) is 0 Å². The summed E-state index contributed by atoms with van der Waals surface area (Å²) in [6.45, 7) is 0. The molecule has 0 unspecified atom stereocenters. The molecule has 3 nitrogen and oxygen atoms in total. The van der Waals surface area contributed by atoms with Gasteiger partial charge in [-0.3, -0.25) is 0 Å². The van der Waals surface area contributed by atoms with E-state index < -0.39 is 0 Å². The van der Waals surface area contributed by atoms with Gasteiger partial charge in [-0.05, 0) is 35.4 Å². The topological polar surface area (TPSA) is 52.0 Å². The van der Waals surface area contributed by atoms with Gasteiger partial charge >= 0.3 is 0 Å². The predicted molar refractivity (Wildman–Crippen MR) is 59.5 cm³/mol. The fourth-order valence-corrected chi connectivity index (χ4v) is 2.56. The van der Waals surface area contributed by atoms with Gasteiger partial charge in [-0.25, -0.2) is 0 Å². The summed E-state index contributed by atoms with van der Waals surface area (Å²) in [4.78, 5) is 0. The third-order valence-corrected chi connectivity index (χ3v) is 3.74. The van der Waals surface area contributed by atoms with E-state index in [2.05, 4.69) is 27.7 Å². The van der Waals surface area contributed by atoms with Crippen LogP contribution in [0.1, 0.15) is 43.8 Å². The molecule has 0 spiro atoms. The van der Waals surface area contributed by atoms with Crippen LogP contribution in [0.5, 0.6) is 0 Å². The van der Waals surface area contributed by atoms with Crippen molar-refractivity contribution in [3.63, 3.8) is 0 Å². The molecule has 0 amide bonds. The number of halogens is 1. The Morgan fingerprint density at radius 1 is 1.31 bits per heavy atom. The number of aromatic nitrogens is 1. The minimum Gasteiger partial charge on any atom is -0.380 e. The lowest BCUT2D eigenvalue weighted by molar-refractivity contribution is 0.321. The molecular weight excluding hydrogens is 279 g/mol. The first kappa shape index (κ1) is 9.30. The van der Waals surface area contributed by atoms with Gasteiger partial charge in [0.1, 0.15) is 0 Å². The van der Waals surface area contributed by atoms with E-state index in [-0.39, 0.29) is 0 Å². The van der Waals surface area contributed by atoms with Gasteiger partial charge in [0, 0.05) is 5.92 Å². The van der Waals surface area contributed by atoms with Gasteiger partial charge in [0.15, 0.2) is 11.6 Å². The molecule has 1 aromatic rings. The first-order valence-corrected chi connectivity index (χ1v) is 5.77. The molecule has 0 atom stereocenters. The smallest absolute Gasteiger partial charge is 0.180 e. The van der Waals surface area contributed by atoms with Crippen LogP contribution >= 0.6 is 22.6 Å². The molecule has 72 valence electrons. The van der Waals surface area contributed by atoms with Gasteiger partial charge < -0.3 is 10.3 Å². The van der Waals surface area contributed by atoms with E-state index in [9.17, 15) is 0 Å². The van der Waals surface area contributed by atoms with Gasteiger partial charge in [-0.15, -0.1) is 0 Å². The second kappa shape index (κ2) is 3.86. The highest BCUT2D eigenvalue weighted by atomic mass is 127. The molecule has 0 bridgehead atoms. The summed E-state index contributed by atoms with van der Waals surface area (Å²) in [7, 11) is 0. The molecule has 1 aromatic heterocycles. The Morgan fingerprint density at radius 3 is 2.54 bits per heavy atom. The Kier molecular flexibility index (Phi) is 2.76. The molecule has 0 aliphatic heterocycles. The van der Waals surface area contributed by atoms with Crippen LogP contribution in [0.25, 0.3) is 0 Å².